The number of aromatic nitrogens is 6. The Morgan fingerprint density at radius 3 is 3.07 bits per heavy atom. The third kappa shape index (κ3) is 1.18. The molecule has 0 spiro atoms. The number of hydrogen-bond donors (Lipinski definition) is 0. The predicted molar refractivity (Wildman–Crippen MR) is 52.6 cm³/mol. The van der Waals surface area contributed by atoms with Gasteiger partial charge in [-0.2, -0.15) is 4.68 Å². The van der Waals surface area contributed by atoms with Gasteiger partial charge < -0.3 is 4.40 Å². The number of hydrogen-bond acceptors (Lipinski definition) is 4. The van der Waals surface area contributed by atoms with Gasteiger partial charge in [-0.25, -0.2) is 4.98 Å². The molecule has 3 rings (SSSR count). The fourth-order valence-corrected chi connectivity index (χ4v) is 1.57. The molecule has 3 heterocycles. The molecule has 0 atom stereocenters. The van der Waals surface area contributed by atoms with E-state index in [1.807, 2.05) is 35.9 Å². The number of pyridine rings is 1. The van der Waals surface area contributed by atoms with E-state index in [2.05, 4.69) is 20.5 Å². The van der Waals surface area contributed by atoms with E-state index in [9.17, 15) is 0 Å². The summed E-state index contributed by atoms with van der Waals surface area (Å²) >= 11 is 0. The minimum Gasteiger partial charge on any atom is -0.305 e. The summed E-state index contributed by atoms with van der Waals surface area (Å²) in [5.74, 6) is 0. The van der Waals surface area contributed by atoms with Gasteiger partial charge in [0.1, 0.15) is 12.0 Å². The van der Waals surface area contributed by atoms with Gasteiger partial charge in [-0.15, -0.1) is 5.10 Å². The topological polar surface area (TPSA) is 60.9 Å². The van der Waals surface area contributed by atoms with Crippen LogP contribution in [-0.2, 0) is 0 Å². The molecule has 15 heavy (non-hydrogen) atoms. The summed E-state index contributed by atoms with van der Waals surface area (Å²) in [6.45, 7) is 1.95. The van der Waals surface area contributed by atoms with E-state index in [1.54, 1.807) is 11.0 Å². The minimum atomic E-state index is 0.849. The highest BCUT2D eigenvalue weighted by Crippen LogP contribution is 2.13. The maximum Gasteiger partial charge on any atom is 0.163 e. The highest BCUT2D eigenvalue weighted by atomic mass is 15.5. The highest BCUT2D eigenvalue weighted by molar-refractivity contribution is 5.58. The molecule has 6 heteroatoms. The maximum atomic E-state index is 4.42. The van der Waals surface area contributed by atoms with Crippen molar-refractivity contribution < 1.29 is 0 Å². The molecule has 0 aliphatic rings. The molecule has 0 unspecified atom stereocenters. The molecule has 74 valence electrons. The first-order chi connectivity index (χ1) is 7.34. The summed E-state index contributed by atoms with van der Waals surface area (Å²) in [7, 11) is 0. The smallest absolute Gasteiger partial charge is 0.163 e. The molecule has 0 fully saturated rings. The lowest BCUT2D eigenvalue weighted by Gasteiger charge is -2.00. The summed E-state index contributed by atoms with van der Waals surface area (Å²) in [5.41, 5.74) is 2.69. The van der Waals surface area contributed by atoms with Crippen molar-refractivity contribution in [2.24, 2.45) is 0 Å². The van der Waals surface area contributed by atoms with E-state index < -0.39 is 0 Å². The van der Waals surface area contributed by atoms with Crippen molar-refractivity contribution in [1.29, 1.82) is 0 Å². The lowest BCUT2D eigenvalue weighted by Crippen LogP contribution is -1.98. The molecule has 6 nitrogen and oxygen atoms in total. The van der Waals surface area contributed by atoms with Crippen LogP contribution in [0.25, 0.3) is 11.3 Å². The van der Waals surface area contributed by atoms with Crippen LogP contribution in [-0.4, -0.2) is 29.6 Å². The highest BCUT2D eigenvalue weighted by Gasteiger charge is 2.06. The van der Waals surface area contributed by atoms with Gasteiger partial charge in [-0.05, 0) is 29.5 Å². The molecule has 0 saturated carbocycles. The Morgan fingerprint density at radius 2 is 2.27 bits per heavy atom. The van der Waals surface area contributed by atoms with Crippen LogP contribution in [0.1, 0.15) is 5.69 Å². The van der Waals surface area contributed by atoms with Crippen LogP contribution in [0, 0.1) is 6.92 Å². The van der Waals surface area contributed by atoms with Crippen LogP contribution in [0.3, 0.4) is 0 Å². The molecule has 3 aromatic heterocycles. The van der Waals surface area contributed by atoms with Crippen molar-refractivity contribution in [2.45, 2.75) is 6.92 Å². The molecular weight excluding hydrogens is 192 g/mol. The van der Waals surface area contributed by atoms with Gasteiger partial charge in [0.2, 0.25) is 0 Å². The fraction of sp³-hybridized carbons (Fsp3) is 0.111. The Bertz CT molecular complexity index is 594. The number of rotatable bonds is 1. The number of nitrogens with zero attached hydrogens (tertiary/aromatic N) is 6. The second-order valence-electron chi connectivity index (χ2n) is 3.26. The van der Waals surface area contributed by atoms with Gasteiger partial charge in [0, 0.05) is 12.4 Å². The van der Waals surface area contributed by atoms with Crippen LogP contribution in [0.4, 0.5) is 0 Å². The molecule has 0 aliphatic carbocycles. The quantitative estimate of drug-likeness (QED) is 0.577. The molecule has 0 N–H and O–H groups in total. The Morgan fingerprint density at radius 1 is 1.33 bits per heavy atom. The first kappa shape index (κ1) is 8.10. The average molecular weight is 200 g/mol. The standard InChI is InChI=1S/C9H8N6/c1-7-5-14-4-2-3-8(9(14)11-7)15-6-10-12-13-15/h2-6H,1H3. The lowest BCUT2D eigenvalue weighted by molar-refractivity contribution is 0.788. The van der Waals surface area contributed by atoms with Gasteiger partial charge >= 0.3 is 0 Å². The number of fused-ring (bicyclic) bond motifs is 1. The van der Waals surface area contributed by atoms with Crippen LogP contribution in [0.5, 0.6) is 0 Å². The molecule has 0 aliphatic heterocycles. The van der Waals surface area contributed by atoms with Crippen molar-refractivity contribution in [3.05, 3.63) is 36.5 Å². The van der Waals surface area contributed by atoms with Gasteiger partial charge in [0.25, 0.3) is 0 Å². The van der Waals surface area contributed by atoms with Crippen LogP contribution in [0.2, 0.25) is 0 Å². The van der Waals surface area contributed by atoms with Crippen LogP contribution >= 0.6 is 0 Å². The first-order valence-corrected chi connectivity index (χ1v) is 4.52. The number of imidazole rings is 1. The average Bonchev–Trinajstić information content (AvgIpc) is 2.82. The molecule has 0 radical (unpaired) electrons. The second kappa shape index (κ2) is 2.88. The summed E-state index contributed by atoms with van der Waals surface area (Å²) in [4.78, 5) is 4.42. The largest absolute Gasteiger partial charge is 0.305 e. The van der Waals surface area contributed by atoms with Crippen molar-refractivity contribution >= 4 is 5.65 Å². The van der Waals surface area contributed by atoms with Crippen LogP contribution < -0.4 is 0 Å². The number of tetrazole rings is 1. The normalized spacial score (nSPS) is 11.0. The molecule has 0 amide bonds. The van der Waals surface area contributed by atoms with E-state index in [1.165, 1.54) is 0 Å². The second-order valence-corrected chi connectivity index (χ2v) is 3.26. The van der Waals surface area contributed by atoms with Crippen LogP contribution in [0.15, 0.2) is 30.9 Å². The Kier molecular flexibility index (Phi) is 1.55. The monoisotopic (exact) mass is 200 g/mol. The molecule has 0 aromatic carbocycles. The van der Waals surface area contributed by atoms with Gasteiger partial charge in [0.05, 0.1) is 5.69 Å². The Hall–Kier alpha value is -2.24. The third-order valence-electron chi connectivity index (χ3n) is 2.18. The Balaban J connectivity index is 2.35. The Labute approximate surface area is 85.2 Å². The maximum absolute atomic E-state index is 4.42. The molecule has 3 aromatic rings. The van der Waals surface area contributed by atoms with E-state index in [-0.39, 0.29) is 0 Å². The third-order valence-corrected chi connectivity index (χ3v) is 2.18. The molecular formula is C9H8N6. The van der Waals surface area contributed by atoms with Crippen molar-refractivity contribution in [3.8, 4) is 5.69 Å². The lowest BCUT2D eigenvalue weighted by atomic mass is 10.4. The first-order valence-electron chi connectivity index (χ1n) is 4.52. The van der Waals surface area contributed by atoms with E-state index >= 15 is 0 Å². The van der Waals surface area contributed by atoms with Crippen molar-refractivity contribution in [2.75, 3.05) is 0 Å². The van der Waals surface area contributed by atoms with Crippen molar-refractivity contribution in [1.82, 2.24) is 29.6 Å². The van der Waals surface area contributed by atoms with Gasteiger partial charge in [-0.1, -0.05) is 0 Å². The van der Waals surface area contributed by atoms with E-state index in [0.29, 0.717) is 0 Å². The summed E-state index contributed by atoms with van der Waals surface area (Å²) in [5, 5.41) is 11.1. The molecule has 0 bridgehead atoms. The number of aryl methyl sites for hydroxylation is 1. The summed E-state index contributed by atoms with van der Waals surface area (Å²) < 4.78 is 3.55. The fourth-order valence-electron chi connectivity index (χ4n) is 1.57. The zero-order valence-corrected chi connectivity index (χ0v) is 8.07. The van der Waals surface area contributed by atoms with E-state index in [0.717, 1.165) is 17.0 Å². The zero-order chi connectivity index (χ0) is 10.3. The SMILES string of the molecule is Cc1cn2cccc(-n3cnnn3)c2n1. The molecule has 0 saturated heterocycles. The summed E-state index contributed by atoms with van der Waals surface area (Å²) in [6.07, 6.45) is 5.46. The van der Waals surface area contributed by atoms with Gasteiger partial charge in [0.15, 0.2) is 5.65 Å². The van der Waals surface area contributed by atoms with Gasteiger partial charge in [-0.3, -0.25) is 0 Å². The van der Waals surface area contributed by atoms with Crippen molar-refractivity contribution in [3.63, 3.8) is 0 Å². The zero-order valence-electron chi connectivity index (χ0n) is 8.07. The van der Waals surface area contributed by atoms with E-state index in [4.69, 9.17) is 0 Å². The predicted octanol–water partition coefficient (Wildman–Crippen LogP) is 0.618. The minimum absolute atomic E-state index is 0.849. The summed E-state index contributed by atoms with van der Waals surface area (Å²) in [6, 6.07) is 3.86.